The molecule has 1 aliphatic rings. The van der Waals surface area contributed by atoms with Crippen LogP contribution in [0.5, 0.6) is 0 Å². The van der Waals surface area contributed by atoms with Gasteiger partial charge < -0.3 is 4.74 Å². The molecule has 0 aromatic heterocycles. The summed E-state index contributed by atoms with van der Waals surface area (Å²) in [6.45, 7) is 3.07. The average Bonchev–Trinajstić information content (AvgIpc) is 2.28. The van der Waals surface area contributed by atoms with Gasteiger partial charge in [-0.25, -0.2) is 0 Å². The molecule has 16 heavy (non-hydrogen) atoms. The zero-order valence-corrected chi connectivity index (χ0v) is 11.0. The fourth-order valence-corrected chi connectivity index (χ4v) is 2.23. The highest BCUT2D eigenvalue weighted by Gasteiger charge is 2.00. The fraction of sp³-hybridized carbons (Fsp3) is 0.867. The van der Waals surface area contributed by atoms with Crippen LogP contribution in [0.25, 0.3) is 0 Å². The van der Waals surface area contributed by atoms with Crippen molar-refractivity contribution in [1.82, 2.24) is 0 Å². The first-order valence-electron chi connectivity index (χ1n) is 7.25. The molecule has 0 N–H and O–H groups in total. The van der Waals surface area contributed by atoms with Crippen molar-refractivity contribution in [3.05, 3.63) is 11.8 Å². The van der Waals surface area contributed by atoms with Crippen LogP contribution in [-0.4, -0.2) is 6.61 Å². The van der Waals surface area contributed by atoms with E-state index in [4.69, 9.17) is 4.74 Å². The van der Waals surface area contributed by atoms with Gasteiger partial charge in [-0.3, -0.25) is 0 Å². The molecule has 0 aromatic rings. The number of hydrogen-bond donors (Lipinski definition) is 0. The fourth-order valence-electron chi connectivity index (χ4n) is 2.23. The molecule has 0 spiro atoms. The van der Waals surface area contributed by atoms with Crippen molar-refractivity contribution < 1.29 is 4.74 Å². The van der Waals surface area contributed by atoms with E-state index in [9.17, 15) is 0 Å². The van der Waals surface area contributed by atoms with Gasteiger partial charge in [0, 0.05) is 6.42 Å². The van der Waals surface area contributed by atoms with Crippen LogP contribution in [0.15, 0.2) is 11.8 Å². The molecule has 0 heterocycles. The standard InChI is InChI=1S/C15H28O/c1-2-14-16-15-12-10-8-6-4-3-5-7-9-11-13-15/h12H,2-11,13-14H2,1H3. The van der Waals surface area contributed by atoms with Crippen LogP contribution in [0.4, 0.5) is 0 Å². The van der Waals surface area contributed by atoms with Gasteiger partial charge in [-0.1, -0.05) is 45.4 Å². The molecular formula is C15H28O. The third-order valence-corrected chi connectivity index (χ3v) is 3.24. The Kier molecular flexibility index (Phi) is 8.28. The topological polar surface area (TPSA) is 9.23 Å². The largest absolute Gasteiger partial charge is 0.498 e. The Hall–Kier alpha value is -0.460. The third kappa shape index (κ3) is 6.92. The Bertz CT molecular complexity index is 184. The summed E-state index contributed by atoms with van der Waals surface area (Å²) in [6, 6.07) is 0. The van der Waals surface area contributed by atoms with Crippen LogP contribution in [0.1, 0.15) is 77.6 Å². The molecule has 0 bridgehead atoms. The summed E-state index contributed by atoms with van der Waals surface area (Å²) in [5.74, 6) is 1.27. The number of allylic oxidation sites excluding steroid dienone is 2. The minimum Gasteiger partial charge on any atom is -0.498 e. The van der Waals surface area contributed by atoms with Crippen LogP contribution in [0.3, 0.4) is 0 Å². The quantitative estimate of drug-likeness (QED) is 0.639. The molecule has 0 aromatic carbocycles. The van der Waals surface area contributed by atoms with E-state index >= 15 is 0 Å². The molecule has 1 rings (SSSR count). The highest BCUT2D eigenvalue weighted by atomic mass is 16.5. The van der Waals surface area contributed by atoms with Gasteiger partial charge in [-0.05, 0) is 31.8 Å². The third-order valence-electron chi connectivity index (χ3n) is 3.24. The molecule has 0 amide bonds. The second kappa shape index (κ2) is 9.74. The van der Waals surface area contributed by atoms with E-state index in [2.05, 4.69) is 13.0 Å². The van der Waals surface area contributed by atoms with Gasteiger partial charge in [-0.15, -0.1) is 0 Å². The maximum atomic E-state index is 5.80. The van der Waals surface area contributed by atoms with Gasteiger partial charge in [0.1, 0.15) is 0 Å². The zero-order valence-electron chi connectivity index (χ0n) is 11.0. The summed E-state index contributed by atoms with van der Waals surface area (Å²) in [5, 5.41) is 0. The van der Waals surface area contributed by atoms with Crippen LogP contribution >= 0.6 is 0 Å². The van der Waals surface area contributed by atoms with Crippen molar-refractivity contribution in [2.45, 2.75) is 77.6 Å². The van der Waals surface area contributed by atoms with E-state index in [0.717, 1.165) is 13.0 Å². The number of ether oxygens (including phenoxy) is 1. The lowest BCUT2D eigenvalue weighted by molar-refractivity contribution is 0.199. The Labute approximate surface area is 101 Å². The monoisotopic (exact) mass is 224 g/mol. The Morgan fingerprint density at radius 2 is 1.56 bits per heavy atom. The lowest BCUT2D eigenvalue weighted by Gasteiger charge is -2.11. The summed E-state index contributed by atoms with van der Waals surface area (Å²) in [5.41, 5.74) is 0. The highest BCUT2D eigenvalue weighted by Crippen LogP contribution is 2.17. The van der Waals surface area contributed by atoms with Gasteiger partial charge in [0.25, 0.3) is 0 Å². The summed E-state index contributed by atoms with van der Waals surface area (Å²) in [4.78, 5) is 0. The van der Waals surface area contributed by atoms with Crippen LogP contribution in [0.2, 0.25) is 0 Å². The molecule has 1 heteroatoms. The molecule has 0 saturated heterocycles. The smallest absolute Gasteiger partial charge is 0.0919 e. The maximum Gasteiger partial charge on any atom is 0.0919 e. The van der Waals surface area contributed by atoms with Gasteiger partial charge in [0.15, 0.2) is 0 Å². The molecule has 1 nitrogen and oxygen atoms in total. The van der Waals surface area contributed by atoms with Crippen molar-refractivity contribution in [1.29, 1.82) is 0 Å². The van der Waals surface area contributed by atoms with Gasteiger partial charge in [0.2, 0.25) is 0 Å². The normalized spacial score (nSPS) is 20.4. The summed E-state index contributed by atoms with van der Waals surface area (Å²) >= 11 is 0. The Morgan fingerprint density at radius 3 is 2.25 bits per heavy atom. The Morgan fingerprint density at radius 1 is 0.938 bits per heavy atom. The second-order valence-electron chi connectivity index (χ2n) is 4.89. The maximum absolute atomic E-state index is 5.80. The van der Waals surface area contributed by atoms with E-state index in [1.807, 2.05) is 0 Å². The lowest BCUT2D eigenvalue weighted by Crippen LogP contribution is -1.95. The molecule has 0 saturated carbocycles. The van der Waals surface area contributed by atoms with E-state index in [-0.39, 0.29) is 0 Å². The molecule has 0 atom stereocenters. The van der Waals surface area contributed by atoms with E-state index in [0.29, 0.717) is 0 Å². The van der Waals surface area contributed by atoms with E-state index in [1.54, 1.807) is 0 Å². The molecule has 0 unspecified atom stereocenters. The minimum atomic E-state index is 0.895. The molecule has 0 aliphatic heterocycles. The summed E-state index contributed by atoms with van der Waals surface area (Å²) in [6.07, 6.45) is 17.0. The van der Waals surface area contributed by atoms with Crippen molar-refractivity contribution in [2.75, 3.05) is 6.61 Å². The summed E-state index contributed by atoms with van der Waals surface area (Å²) in [7, 11) is 0. The van der Waals surface area contributed by atoms with E-state index in [1.165, 1.54) is 70.0 Å². The van der Waals surface area contributed by atoms with Gasteiger partial charge in [0.05, 0.1) is 12.4 Å². The molecular weight excluding hydrogens is 196 g/mol. The molecule has 0 radical (unpaired) electrons. The molecule has 1 aliphatic carbocycles. The van der Waals surface area contributed by atoms with E-state index < -0.39 is 0 Å². The summed E-state index contributed by atoms with van der Waals surface area (Å²) < 4.78 is 5.80. The van der Waals surface area contributed by atoms with Crippen molar-refractivity contribution >= 4 is 0 Å². The van der Waals surface area contributed by atoms with Gasteiger partial charge >= 0.3 is 0 Å². The SMILES string of the molecule is CCCOC1=CCCCCCCCCCC1. The molecule has 0 fully saturated rings. The number of rotatable bonds is 3. The van der Waals surface area contributed by atoms with Crippen molar-refractivity contribution in [3.63, 3.8) is 0 Å². The predicted octanol–water partition coefficient (Wildman–Crippen LogP) is 5.21. The lowest BCUT2D eigenvalue weighted by atomic mass is 10.0. The van der Waals surface area contributed by atoms with Crippen LogP contribution in [0, 0.1) is 0 Å². The highest BCUT2D eigenvalue weighted by molar-refractivity contribution is 4.93. The Balaban J connectivity index is 2.31. The first-order chi connectivity index (χ1) is 7.93. The predicted molar refractivity (Wildman–Crippen MR) is 70.5 cm³/mol. The first-order valence-corrected chi connectivity index (χ1v) is 7.25. The second-order valence-corrected chi connectivity index (χ2v) is 4.89. The minimum absolute atomic E-state index is 0.895. The average molecular weight is 224 g/mol. The van der Waals surface area contributed by atoms with Crippen molar-refractivity contribution in [2.24, 2.45) is 0 Å². The zero-order chi connectivity index (χ0) is 11.5. The van der Waals surface area contributed by atoms with Crippen LogP contribution in [-0.2, 0) is 4.74 Å². The van der Waals surface area contributed by atoms with Crippen LogP contribution < -0.4 is 0 Å². The number of hydrogen-bond acceptors (Lipinski definition) is 1. The molecule has 94 valence electrons. The van der Waals surface area contributed by atoms with Crippen molar-refractivity contribution in [3.8, 4) is 0 Å². The van der Waals surface area contributed by atoms with Gasteiger partial charge in [-0.2, -0.15) is 0 Å². The first kappa shape index (κ1) is 13.6.